The van der Waals surface area contributed by atoms with Gasteiger partial charge in [0.2, 0.25) is 5.91 Å². The average molecular weight is 298 g/mol. The van der Waals surface area contributed by atoms with Gasteiger partial charge >= 0.3 is 0 Å². The largest absolute Gasteiger partial charge is 0.325 e. The minimum atomic E-state index is -0.273. The van der Waals surface area contributed by atoms with E-state index in [9.17, 15) is 4.79 Å². The highest BCUT2D eigenvalue weighted by atomic mass is 35.5. The molecule has 1 aliphatic rings. The molecule has 0 saturated carbocycles. The molecular formula is C13H9Cl2NOS. The highest BCUT2D eigenvalue weighted by Crippen LogP contribution is 2.38. The summed E-state index contributed by atoms with van der Waals surface area (Å²) in [6.07, 6.45) is 0.396. The lowest BCUT2D eigenvalue weighted by molar-refractivity contribution is -0.115. The molecule has 1 unspecified atom stereocenters. The van der Waals surface area contributed by atoms with Crippen LogP contribution in [0.5, 0.6) is 0 Å². The number of carbonyl (C=O) groups is 1. The number of benzene rings is 1. The maximum atomic E-state index is 11.3. The molecule has 3 rings (SSSR count). The fourth-order valence-electron chi connectivity index (χ4n) is 2.06. The SMILES string of the molecule is O=C1Cc2cc(C(Cl)c3ccsc3)c(Cl)cc2N1. The number of carbonyl (C=O) groups excluding carboxylic acids is 1. The van der Waals surface area contributed by atoms with Crippen LogP contribution in [0.3, 0.4) is 0 Å². The van der Waals surface area contributed by atoms with E-state index in [1.807, 2.05) is 22.9 Å². The van der Waals surface area contributed by atoms with Crippen molar-refractivity contribution in [3.8, 4) is 0 Å². The van der Waals surface area contributed by atoms with Crippen LogP contribution in [-0.4, -0.2) is 5.91 Å². The van der Waals surface area contributed by atoms with Gasteiger partial charge < -0.3 is 5.32 Å². The van der Waals surface area contributed by atoms with E-state index >= 15 is 0 Å². The lowest BCUT2D eigenvalue weighted by atomic mass is 10.0. The third-order valence-corrected chi connectivity index (χ3v) is 4.47. The van der Waals surface area contributed by atoms with Crippen LogP contribution >= 0.6 is 34.5 Å². The molecular weight excluding hydrogens is 289 g/mol. The van der Waals surface area contributed by atoms with Crippen molar-refractivity contribution in [2.45, 2.75) is 11.8 Å². The van der Waals surface area contributed by atoms with E-state index in [1.54, 1.807) is 17.4 Å². The van der Waals surface area contributed by atoms with E-state index in [4.69, 9.17) is 23.2 Å². The highest BCUT2D eigenvalue weighted by molar-refractivity contribution is 7.08. The number of thiophene rings is 1. The van der Waals surface area contributed by atoms with Crippen LogP contribution in [0.25, 0.3) is 0 Å². The molecule has 0 fully saturated rings. The standard InChI is InChI=1S/C13H9Cl2NOS/c14-10-5-11-8(4-12(17)16-11)3-9(10)13(15)7-1-2-18-6-7/h1-3,5-6,13H,4H2,(H,16,17). The number of hydrogen-bond acceptors (Lipinski definition) is 2. The molecule has 1 amide bonds. The van der Waals surface area contributed by atoms with Crippen molar-refractivity contribution in [2.75, 3.05) is 5.32 Å². The molecule has 0 aliphatic carbocycles. The molecule has 5 heteroatoms. The second-order valence-electron chi connectivity index (χ2n) is 4.18. The quantitative estimate of drug-likeness (QED) is 0.826. The number of nitrogens with one attached hydrogen (secondary N) is 1. The van der Waals surface area contributed by atoms with Crippen molar-refractivity contribution in [1.82, 2.24) is 0 Å². The summed E-state index contributed by atoms with van der Waals surface area (Å²) in [5.41, 5.74) is 3.64. The first-order chi connectivity index (χ1) is 8.65. The zero-order valence-corrected chi connectivity index (χ0v) is 11.6. The Labute approximate surface area is 119 Å². The summed E-state index contributed by atoms with van der Waals surface area (Å²) in [7, 11) is 0. The molecule has 0 saturated heterocycles. The minimum Gasteiger partial charge on any atom is -0.325 e. The summed E-state index contributed by atoms with van der Waals surface area (Å²) in [5.74, 6) is -0.000118. The van der Waals surface area contributed by atoms with E-state index in [-0.39, 0.29) is 11.3 Å². The van der Waals surface area contributed by atoms with Crippen LogP contribution in [0, 0.1) is 0 Å². The van der Waals surface area contributed by atoms with Crippen molar-refractivity contribution in [3.63, 3.8) is 0 Å². The summed E-state index contributed by atoms with van der Waals surface area (Å²) in [4.78, 5) is 11.3. The van der Waals surface area contributed by atoms with Gasteiger partial charge in [-0.3, -0.25) is 4.79 Å². The zero-order valence-electron chi connectivity index (χ0n) is 9.24. The summed E-state index contributed by atoms with van der Waals surface area (Å²) < 4.78 is 0. The van der Waals surface area contributed by atoms with Gasteiger partial charge in [0.05, 0.1) is 11.8 Å². The number of amides is 1. The van der Waals surface area contributed by atoms with Crippen molar-refractivity contribution in [3.05, 3.63) is 50.7 Å². The van der Waals surface area contributed by atoms with E-state index in [1.165, 1.54) is 0 Å². The fraction of sp³-hybridized carbons (Fsp3) is 0.154. The first kappa shape index (κ1) is 12.0. The number of fused-ring (bicyclic) bond motifs is 1. The Balaban J connectivity index is 2.03. The monoisotopic (exact) mass is 297 g/mol. The van der Waals surface area contributed by atoms with E-state index in [0.29, 0.717) is 11.4 Å². The van der Waals surface area contributed by atoms with E-state index in [2.05, 4.69) is 5.32 Å². The second-order valence-corrected chi connectivity index (χ2v) is 5.80. The topological polar surface area (TPSA) is 29.1 Å². The van der Waals surface area contributed by atoms with Gasteiger partial charge in [-0.2, -0.15) is 11.3 Å². The third-order valence-electron chi connectivity index (χ3n) is 2.96. The maximum absolute atomic E-state index is 11.3. The molecule has 2 heterocycles. The van der Waals surface area contributed by atoms with E-state index < -0.39 is 0 Å². The van der Waals surface area contributed by atoms with Crippen LogP contribution in [0.1, 0.15) is 22.1 Å². The van der Waals surface area contributed by atoms with Crippen molar-refractivity contribution in [1.29, 1.82) is 0 Å². The van der Waals surface area contributed by atoms with Crippen LogP contribution in [0.4, 0.5) is 5.69 Å². The zero-order chi connectivity index (χ0) is 12.7. The number of alkyl halides is 1. The molecule has 18 heavy (non-hydrogen) atoms. The van der Waals surface area contributed by atoms with Gasteiger partial charge in [-0.15, -0.1) is 11.6 Å². The van der Waals surface area contributed by atoms with Gasteiger partial charge in [-0.25, -0.2) is 0 Å². The van der Waals surface area contributed by atoms with Crippen molar-refractivity contribution < 1.29 is 4.79 Å². The van der Waals surface area contributed by atoms with E-state index in [0.717, 1.165) is 22.4 Å². The van der Waals surface area contributed by atoms with Gasteiger partial charge in [0.25, 0.3) is 0 Å². The first-order valence-corrected chi connectivity index (χ1v) is 7.19. The molecule has 0 spiro atoms. The number of halogens is 2. The Morgan fingerprint density at radius 2 is 2.22 bits per heavy atom. The first-order valence-electron chi connectivity index (χ1n) is 5.43. The molecule has 1 aromatic carbocycles. The summed E-state index contributed by atoms with van der Waals surface area (Å²) in [5, 5.41) is 7.07. The average Bonchev–Trinajstić information content (AvgIpc) is 2.94. The third kappa shape index (κ3) is 2.03. The Morgan fingerprint density at radius 3 is 2.94 bits per heavy atom. The van der Waals surface area contributed by atoms with Gasteiger partial charge in [0.15, 0.2) is 0 Å². The summed E-state index contributed by atoms with van der Waals surface area (Å²) in [6, 6.07) is 5.68. The fourth-order valence-corrected chi connectivity index (χ4v) is 3.47. The number of hydrogen-bond donors (Lipinski definition) is 1. The Morgan fingerprint density at radius 1 is 1.39 bits per heavy atom. The molecule has 1 N–H and O–H groups in total. The lowest BCUT2D eigenvalue weighted by Gasteiger charge is -2.12. The molecule has 92 valence electrons. The van der Waals surface area contributed by atoms with Gasteiger partial charge in [0, 0.05) is 10.7 Å². The molecule has 2 aromatic rings. The maximum Gasteiger partial charge on any atom is 0.228 e. The summed E-state index contributed by atoms with van der Waals surface area (Å²) >= 11 is 14.3. The highest BCUT2D eigenvalue weighted by Gasteiger charge is 2.22. The molecule has 1 atom stereocenters. The van der Waals surface area contributed by atoms with Crippen molar-refractivity contribution in [2.24, 2.45) is 0 Å². The van der Waals surface area contributed by atoms with Crippen LogP contribution < -0.4 is 5.32 Å². The molecule has 0 bridgehead atoms. The van der Waals surface area contributed by atoms with Crippen LogP contribution in [0.15, 0.2) is 29.0 Å². The normalized spacial score (nSPS) is 15.3. The predicted octanol–water partition coefficient (Wildman–Crippen LogP) is 4.22. The Bertz CT molecular complexity index is 610. The molecule has 1 aromatic heterocycles. The van der Waals surface area contributed by atoms with Gasteiger partial charge in [-0.05, 0) is 45.6 Å². The van der Waals surface area contributed by atoms with Crippen LogP contribution in [-0.2, 0) is 11.2 Å². The smallest absolute Gasteiger partial charge is 0.228 e. The minimum absolute atomic E-state index is 0.000118. The Hall–Kier alpha value is -1.03. The second kappa shape index (κ2) is 4.57. The Kier molecular flexibility index (Phi) is 3.06. The lowest BCUT2D eigenvalue weighted by Crippen LogP contribution is -2.03. The molecule has 2 nitrogen and oxygen atoms in total. The van der Waals surface area contributed by atoms with Crippen LogP contribution in [0.2, 0.25) is 5.02 Å². The molecule has 1 aliphatic heterocycles. The van der Waals surface area contributed by atoms with Gasteiger partial charge in [-0.1, -0.05) is 11.6 Å². The summed E-state index contributed by atoms with van der Waals surface area (Å²) in [6.45, 7) is 0. The predicted molar refractivity (Wildman–Crippen MR) is 75.8 cm³/mol. The number of rotatable bonds is 2. The molecule has 0 radical (unpaired) electrons. The number of anilines is 1. The van der Waals surface area contributed by atoms with Gasteiger partial charge in [0.1, 0.15) is 0 Å². The van der Waals surface area contributed by atoms with Crippen molar-refractivity contribution >= 4 is 46.1 Å².